The van der Waals surface area contributed by atoms with Gasteiger partial charge in [0.05, 0.1) is 22.9 Å². The first-order valence-corrected chi connectivity index (χ1v) is 9.20. The lowest BCUT2D eigenvalue weighted by Crippen LogP contribution is -2.12. The Morgan fingerprint density at radius 1 is 1.00 bits per heavy atom. The normalized spacial score (nSPS) is 11.0. The summed E-state index contributed by atoms with van der Waals surface area (Å²) in [5.74, 6) is -0.148. The Bertz CT molecular complexity index is 1360. The molecule has 146 valence electrons. The molecule has 0 saturated heterocycles. The van der Waals surface area contributed by atoms with Crippen LogP contribution < -0.4 is 5.32 Å². The van der Waals surface area contributed by atoms with E-state index in [2.05, 4.69) is 25.6 Å². The van der Waals surface area contributed by atoms with Gasteiger partial charge in [0.25, 0.3) is 5.91 Å². The number of hydrogen-bond acceptors (Lipinski definition) is 4. The van der Waals surface area contributed by atoms with Gasteiger partial charge in [0, 0.05) is 11.3 Å². The summed E-state index contributed by atoms with van der Waals surface area (Å²) in [6.07, 6.45) is 1.57. The molecule has 2 heterocycles. The Hall–Kier alpha value is -4.33. The molecule has 30 heavy (non-hydrogen) atoms. The molecular formula is C22H15FN6O. The Balaban J connectivity index is 1.38. The van der Waals surface area contributed by atoms with Crippen LogP contribution in [0.15, 0.2) is 79.0 Å². The first-order chi connectivity index (χ1) is 14.7. The number of carbonyl (C=O) groups is 1. The average Bonchev–Trinajstić information content (AvgIpc) is 3.42. The second-order valence-corrected chi connectivity index (χ2v) is 6.67. The minimum absolute atomic E-state index is 0.198. The first-order valence-electron chi connectivity index (χ1n) is 9.20. The van der Waals surface area contributed by atoms with E-state index >= 15 is 0 Å². The van der Waals surface area contributed by atoms with Gasteiger partial charge >= 0.3 is 0 Å². The highest BCUT2D eigenvalue weighted by Crippen LogP contribution is 2.23. The molecule has 0 aliphatic carbocycles. The Kier molecular flexibility index (Phi) is 4.29. The van der Waals surface area contributed by atoms with Gasteiger partial charge in [-0.25, -0.2) is 14.1 Å². The van der Waals surface area contributed by atoms with Crippen LogP contribution in [0, 0.1) is 5.82 Å². The van der Waals surface area contributed by atoms with E-state index in [0.29, 0.717) is 22.6 Å². The fraction of sp³-hybridized carbons (Fsp3) is 0. The van der Waals surface area contributed by atoms with E-state index in [9.17, 15) is 9.18 Å². The van der Waals surface area contributed by atoms with Crippen LogP contribution in [0.2, 0.25) is 0 Å². The van der Waals surface area contributed by atoms with E-state index in [-0.39, 0.29) is 17.4 Å². The van der Waals surface area contributed by atoms with E-state index in [1.54, 1.807) is 36.5 Å². The van der Waals surface area contributed by atoms with Gasteiger partial charge in [0.15, 0.2) is 5.69 Å². The number of imidazole rings is 1. The minimum Gasteiger partial charge on any atom is -0.338 e. The van der Waals surface area contributed by atoms with Crippen LogP contribution in [0.25, 0.3) is 28.1 Å². The smallest absolute Gasteiger partial charge is 0.277 e. The fourth-order valence-corrected chi connectivity index (χ4v) is 3.13. The predicted molar refractivity (Wildman–Crippen MR) is 111 cm³/mol. The Labute approximate surface area is 170 Å². The van der Waals surface area contributed by atoms with Gasteiger partial charge in [-0.05, 0) is 42.5 Å². The SMILES string of the molecule is O=C(Nc1ccc2nc(-c3cccc(F)c3)[nH]c2c1)c1cn(-c2ccccc2)nn1. The Morgan fingerprint density at radius 3 is 2.70 bits per heavy atom. The summed E-state index contributed by atoms with van der Waals surface area (Å²) >= 11 is 0. The van der Waals surface area contributed by atoms with Gasteiger partial charge in [-0.3, -0.25) is 4.79 Å². The molecule has 0 bridgehead atoms. The van der Waals surface area contributed by atoms with Crippen molar-refractivity contribution in [3.8, 4) is 17.1 Å². The van der Waals surface area contributed by atoms with Crippen molar-refractivity contribution < 1.29 is 9.18 Å². The van der Waals surface area contributed by atoms with Crippen LogP contribution in [-0.2, 0) is 0 Å². The number of nitrogens with one attached hydrogen (secondary N) is 2. The Morgan fingerprint density at radius 2 is 1.87 bits per heavy atom. The molecule has 0 atom stereocenters. The quantitative estimate of drug-likeness (QED) is 0.475. The first kappa shape index (κ1) is 17.7. The summed E-state index contributed by atoms with van der Waals surface area (Å²) in [7, 11) is 0. The summed E-state index contributed by atoms with van der Waals surface area (Å²) in [5, 5.41) is 10.8. The lowest BCUT2D eigenvalue weighted by Gasteiger charge is -2.02. The topological polar surface area (TPSA) is 88.5 Å². The molecule has 0 saturated carbocycles. The van der Waals surface area contributed by atoms with Gasteiger partial charge in [-0.15, -0.1) is 5.10 Å². The highest BCUT2D eigenvalue weighted by molar-refractivity contribution is 6.03. The van der Waals surface area contributed by atoms with Crippen molar-refractivity contribution in [3.05, 3.63) is 90.5 Å². The van der Waals surface area contributed by atoms with E-state index in [4.69, 9.17) is 0 Å². The monoisotopic (exact) mass is 398 g/mol. The molecule has 5 aromatic rings. The molecule has 0 unspecified atom stereocenters. The summed E-state index contributed by atoms with van der Waals surface area (Å²) in [5.41, 5.74) is 3.67. The molecule has 5 rings (SSSR count). The van der Waals surface area contributed by atoms with Gasteiger partial charge in [0.1, 0.15) is 11.6 Å². The third-order valence-electron chi connectivity index (χ3n) is 4.58. The van der Waals surface area contributed by atoms with Crippen LogP contribution in [0.1, 0.15) is 10.5 Å². The molecule has 2 N–H and O–H groups in total. The van der Waals surface area contributed by atoms with Crippen molar-refractivity contribution in [2.45, 2.75) is 0 Å². The zero-order valence-corrected chi connectivity index (χ0v) is 15.6. The lowest BCUT2D eigenvalue weighted by molar-refractivity contribution is 0.102. The number of amides is 1. The number of halogens is 1. The van der Waals surface area contributed by atoms with E-state index < -0.39 is 0 Å². The number of nitrogens with zero attached hydrogens (tertiary/aromatic N) is 4. The number of anilines is 1. The zero-order valence-electron chi connectivity index (χ0n) is 15.6. The molecule has 0 aliphatic rings. The standard InChI is InChI=1S/C22H15FN6O/c23-15-6-4-5-14(11-15)21-25-18-10-9-16(12-19(18)26-21)24-22(30)20-13-29(28-27-20)17-7-2-1-3-8-17/h1-13H,(H,24,30)(H,25,26). The van der Waals surface area contributed by atoms with E-state index in [1.807, 2.05) is 30.3 Å². The molecule has 1 amide bonds. The largest absolute Gasteiger partial charge is 0.338 e. The highest BCUT2D eigenvalue weighted by Gasteiger charge is 2.13. The van der Waals surface area contributed by atoms with Gasteiger partial charge in [-0.1, -0.05) is 35.5 Å². The zero-order chi connectivity index (χ0) is 20.5. The van der Waals surface area contributed by atoms with Crippen LogP contribution in [-0.4, -0.2) is 30.9 Å². The lowest BCUT2D eigenvalue weighted by atomic mass is 10.2. The molecule has 0 radical (unpaired) electrons. The van der Waals surface area contributed by atoms with Gasteiger partial charge in [0.2, 0.25) is 0 Å². The number of benzene rings is 3. The van der Waals surface area contributed by atoms with Crippen LogP contribution in [0.4, 0.5) is 10.1 Å². The van der Waals surface area contributed by atoms with Crippen molar-refractivity contribution in [2.75, 3.05) is 5.32 Å². The van der Waals surface area contributed by atoms with Gasteiger partial charge < -0.3 is 10.3 Å². The average molecular weight is 398 g/mol. The molecule has 2 aromatic heterocycles. The summed E-state index contributed by atoms with van der Waals surface area (Å²) in [6.45, 7) is 0. The number of fused-ring (bicyclic) bond motifs is 1. The number of aromatic nitrogens is 5. The summed E-state index contributed by atoms with van der Waals surface area (Å²) in [4.78, 5) is 20.2. The van der Waals surface area contributed by atoms with Crippen LogP contribution in [0.3, 0.4) is 0 Å². The van der Waals surface area contributed by atoms with Crippen molar-refractivity contribution in [1.29, 1.82) is 0 Å². The summed E-state index contributed by atoms with van der Waals surface area (Å²) in [6, 6.07) is 20.9. The second kappa shape index (κ2) is 7.25. The summed E-state index contributed by atoms with van der Waals surface area (Å²) < 4.78 is 15.0. The number of aromatic amines is 1. The molecule has 0 fully saturated rings. The molecular weight excluding hydrogens is 383 g/mol. The second-order valence-electron chi connectivity index (χ2n) is 6.67. The maximum atomic E-state index is 13.5. The highest BCUT2D eigenvalue weighted by atomic mass is 19.1. The number of para-hydroxylation sites is 1. The van der Waals surface area contributed by atoms with Crippen LogP contribution in [0.5, 0.6) is 0 Å². The molecule has 0 spiro atoms. The fourth-order valence-electron chi connectivity index (χ4n) is 3.13. The number of H-pyrrole nitrogens is 1. The van der Waals surface area contributed by atoms with Crippen molar-refractivity contribution in [1.82, 2.24) is 25.0 Å². The van der Waals surface area contributed by atoms with Crippen molar-refractivity contribution >= 4 is 22.6 Å². The number of carbonyl (C=O) groups excluding carboxylic acids is 1. The molecule has 3 aromatic carbocycles. The van der Waals surface area contributed by atoms with Crippen molar-refractivity contribution in [2.24, 2.45) is 0 Å². The maximum absolute atomic E-state index is 13.5. The van der Waals surface area contributed by atoms with E-state index in [0.717, 1.165) is 11.2 Å². The predicted octanol–water partition coefficient (Wildman–Crippen LogP) is 4.20. The number of hydrogen-bond donors (Lipinski definition) is 2. The van der Waals surface area contributed by atoms with Gasteiger partial charge in [-0.2, -0.15) is 0 Å². The van der Waals surface area contributed by atoms with Crippen molar-refractivity contribution in [3.63, 3.8) is 0 Å². The third kappa shape index (κ3) is 3.42. The molecule has 0 aliphatic heterocycles. The third-order valence-corrected chi connectivity index (χ3v) is 4.58. The van der Waals surface area contributed by atoms with Crippen LogP contribution >= 0.6 is 0 Å². The molecule has 8 heteroatoms. The maximum Gasteiger partial charge on any atom is 0.277 e. The minimum atomic E-state index is -0.374. The van der Waals surface area contributed by atoms with E-state index in [1.165, 1.54) is 16.8 Å². The number of rotatable bonds is 4. The molecule has 7 nitrogen and oxygen atoms in total.